The molecule has 0 radical (unpaired) electrons. The van der Waals surface area contributed by atoms with Crippen LogP contribution in [0.25, 0.3) is 0 Å². The molecule has 0 bridgehead atoms. The van der Waals surface area contributed by atoms with E-state index in [2.05, 4.69) is 15.3 Å². The van der Waals surface area contributed by atoms with Crippen LogP contribution in [0.15, 0.2) is 6.33 Å². The van der Waals surface area contributed by atoms with Crippen LogP contribution in [-0.4, -0.2) is 23.6 Å². The van der Waals surface area contributed by atoms with E-state index in [9.17, 15) is 0 Å². The lowest BCUT2D eigenvalue weighted by Gasteiger charge is -2.17. The quantitative estimate of drug-likeness (QED) is 0.670. The van der Waals surface area contributed by atoms with Crippen molar-refractivity contribution in [3.63, 3.8) is 0 Å². The van der Waals surface area contributed by atoms with Crippen molar-refractivity contribution in [2.24, 2.45) is 0 Å². The zero-order valence-corrected chi connectivity index (χ0v) is 7.00. The molecule has 0 fully saturated rings. The number of ether oxygens (including phenoxy) is 1. The number of nitrogens with zero attached hydrogens (tertiary/aromatic N) is 2. The molecule has 0 aromatic carbocycles. The first-order chi connectivity index (χ1) is 5.92. The topological polar surface area (TPSA) is 47.0 Å². The SMILES string of the molecule is COc1ncnc2c1CCCN2. The summed E-state index contributed by atoms with van der Waals surface area (Å²) in [5.41, 5.74) is 1.10. The van der Waals surface area contributed by atoms with Gasteiger partial charge in [-0.2, -0.15) is 0 Å². The van der Waals surface area contributed by atoms with Crippen molar-refractivity contribution in [2.45, 2.75) is 12.8 Å². The molecule has 12 heavy (non-hydrogen) atoms. The molecule has 0 saturated carbocycles. The molecule has 4 nitrogen and oxygen atoms in total. The Morgan fingerprint density at radius 1 is 1.50 bits per heavy atom. The highest BCUT2D eigenvalue weighted by atomic mass is 16.5. The van der Waals surface area contributed by atoms with E-state index in [1.54, 1.807) is 7.11 Å². The molecule has 0 spiro atoms. The van der Waals surface area contributed by atoms with E-state index in [0.717, 1.165) is 30.8 Å². The number of fused-ring (bicyclic) bond motifs is 1. The van der Waals surface area contributed by atoms with Crippen LogP contribution < -0.4 is 10.1 Å². The van der Waals surface area contributed by atoms with Gasteiger partial charge >= 0.3 is 0 Å². The van der Waals surface area contributed by atoms with Crippen LogP contribution in [0.5, 0.6) is 5.88 Å². The average molecular weight is 165 g/mol. The third-order valence-electron chi connectivity index (χ3n) is 2.00. The molecule has 0 aliphatic carbocycles. The van der Waals surface area contributed by atoms with Gasteiger partial charge in [0.25, 0.3) is 0 Å². The largest absolute Gasteiger partial charge is 0.481 e. The van der Waals surface area contributed by atoms with Crippen molar-refractivity contribution in [3.8, 4) is 5.88 Å². The first-order valence-corrected chi connectivity index (χ1v) is 4.03. The zero-order valence-electron chi connectivity index (χ0n) is 7.00. The molecule has 4 heteroatoms. The fourth-order valence-electron chi connectivity index (χ4n) is 1.42. The molecule has 1 N–H and O–H groups in total. The number of rotatable bonds is 1. The standard InChI is InChI=1S/C8H11N3O/c1-12-8-6-3-2-4-9-7(6)10-5-11-8/h5H,2-4H2,1H3,(H,9,10,11). The second kappa shape index (κ2) is 2.97. The molecular weight excluding hydrogens is 154 g/mol. The summed E-state index contributed by atoms with van der Waals surface area (Å²) in [4.78, 5) is 8.16. The van der Waals surface area contributed by atoms with Crippen LogP contribution in [0.3, 0.4) is 0 Å². The lowest BCUT2D eigenvalue weighted by molar-refractivity contribution is 0.390. The molecule has 0 unspecified atom stereocenters. The van der Waals surface area contributed by atoms with E-state index < -0.39 is 0 Å². The van der Waals surface area contributed by atoms with E-state index in [0.29, 0.717) is 5.88 Å². The van der Waals surface area contributed by atoms with Crippen molar-refractivity contribution in [2.75, 3.05) is 19.0 Å². The van der Waals surface area contributed by atoms with Gasteiger partial charge in [-0.05, 0) is 12.8 Å². The Morgan fingerprint density at radius 3 is 3.25 bits per heavy atom. The van der Waals surface area contributed by atoms with Crippen LogP contribution in [0.2, 0.25) is 0 Å². The normalized spacial score (nSPS) is 14.8. The number of hydrogen-bond acceptors (Lipinski definition) is 4. The van der Waals surface area contributed by atoms with Crippen molar-refractivity contribution in [1.29, 1.82) is 0 Å². The van der Waals surface area contributed by atoms with Gasteiger partial charge in [-0.3, -0.25) is 0 Å². The summed E-state index contributed by atoms with van der Waals surface area (Å²) in [6.45, 7) is 0.993. The highest BCUT2D eigenvalue weighted by Gasteiger charge is 2.14. The third kappa shape index (κ3) is 1.09. The van der Waals surface area contributed by atoms with Gasteiger partial charge in [0.2, 0.25) is 5.88 Å². The van der Waals surface area contributed by atoms with Gasteiger partial charge in [-0.15, -0.1) is 0 Å². The second-order valence-electron chi connectivity index (χ2n) is 2.74. The molecule has 1 aliphatic rings. The summed E-state index contributed by atoms with van der Waals surface area (Å²) in [5.74, 6) is 1.63. The molecule has 0 amide bonds. The summed E-state index contributed by atoms with van der Waals surface area (Å²) in [6, 6.07) is 0. The molecule has 64 valence electrons. The molecule has 1 aromatic heterocycles. The molecule has 2 heterocycles. The van der Waals surface area contributed by atoms with Crippen molar-refractivity contribution in [3.05, 3.63) is 11.9 Å². The number of anilines is 1. The minimum absolute atomic E-state index is 0.701. The van der Waals surface area contributed by atoms with Gasteiger partial charge < -0.3 is 10.1 Å². The Morgan fingerprint density at radius 2 is 2.42 bits per heavy atom. The Hall–Kier alpha value is -1.32. The Balaban J connectivity index is 2.44. The van der Waals surface area contributed by atoms with Gasteiger partial charge in [0.1, 0.15) is 12.1 Å². The molecule has 2 rings (SSSR count). The Bertz CT molecular complexity index is 273. The van der Waals surface area contributed by atoms with Gasteiger partial charge in [-0.25, -0.2) is 9.97 Å². The summed E-state index contributed by atoms with van der Waals surface area (Å²) >= 11 is 0. The van der Waals surface area contributed by atoms with E-state index in [1.165, 1.54) is 6.33 Å². The van der Waals surface area contributed by atoms with E-state index in [1.807, 2.05) is 0 Å². The van der Waals surface area contributed by atoms with Gasteiger partial charge in [0.15, 0.2) is 0 Å². The smallest absolute Gasteiger partial charge is 0.221 e. The van der Waals surface area contributed by atoms with Crippen LogP contribution >= 0.6 is 0 Å². The van der Waals surface area contributed by atoms with Crippen LogP contribution in [0, 0.1) is 0 Å². The third-order valence-corrected chi connectivity index (χ3v) is 2.00. The van der Waals surface area contributed by atoms with E-state index >= 15 is 0 Å². The molecular formula is C8H11N3O. The lowest BCUT2D eigenvalue weighted by atomic mass is 10.1. The lowest BCUT2D eigenvalue weighted by Crippen LogP contribution is -2.14. The van der Waals surface area contributed by atoms with Gasteiger partial charge in [0.05, 0.1) is 12.7 Å². The zero-order chi connectivity index (χ0) is 8.39. The Kier molecular flexibility index (Phi) is 1.81. The van der Waals surface area contributed by atoms with E-state index in [-0.39, 0.29) is 0 Å². The maximum atomic E-state index is 5.12. The molecule has 0 saturated heterocycles. The minimum Gasteiger partial charge on any atom is -0.481 e. The number of nitrogens with one attached hydrogen (secondary N) is 1. The predicted octanol–water partition coefficient (Wildman–Crippen LogP) is 0.843. The fraction of sp³-hybridized carbons (Fsp3) is 0.500. The maximum absolute atomic E-state index is 5.12. The summed E-state index contributed by atoms with van der Waals surface area (Å²) in [5, 5.41) is 3.21. The number of hydrogen-bond donors (Lipinski definition) is 1. The predicted molar refractivity (Wildman–Crippen MR) is 45.4 cm³/mol. The number of aromatic nitrogens is 2. The molecule has 1 aliphatic heterocycles. The monoisotopic (exact) mass is 165 g/mol. The number of methoxy groups -OCH3 is 1. The van der Waals surface area contributed by atoms with Crippen LogP contribution in [0.4, 0.5) is 5.82 Å². The van der Waals surface area contributed by atoms with Crippen molar-refractivity contribution < 1.29 is 4.74 Å². The maximum Gasteiger partial charge on any atom is 0.221 e. The molecule has 1 aromatic rings. The highest BCUT2D eigenvalue weighted by Crippen LogP contribution is 2.25. The van der Waals surface area contributed by atoms with Crippen molar-refractivity contribution >= 4 is 5.82 Å². The second-order valence-corrected chi connectivity index (χ2v) is 2.74. The summed E-state index contributed by atoms with van der Waals surface area (Å²) in [6.07, 6.45) is 3.65. The van der Waals surface area contributed by atoms with Gasteiger partial charge in [-0.1, -0.05) is 0 Å². The Labute approximate surface area is 71.0 Å². The van der Waals surface area contributed by atoms with Gasteiger partial charge in [0, 0.05) is 6.54 Å². The average Bonchev–Trinajstić information content (AvgIpc) is 2.17. The minimum atomic E-state index is 0.701. The summed E-state index contributed by atoms with van der Waals surface area (Å²) in [7, 11) is 1.64. The van der Waals surface area contributed by atoms with Crippen LogP contribution in [0.1, 0.15) is 12.0 Å². The first-order valence-electron chi connectivity index (χ1n) is 4.03. The van der Waals surface area contributed by atoms with Crippen LogP contribution in [-0.2, 0) is 6.42 Å². The highest BCUT2D eigenvalue weighted by molar-refractivity contribution is 5.50. The van der Waals surface area contributed by atoms with Crippen molar-refractivity contribution in [1.82, 2.24) is 9.97 Å². The first kappa shape index (κ1) is 7.34. The summed E-state index contributed by atoms with van der Waals surface area (Å²) < 4.78 is 5.12. The fourth-order valence-corrected chi connectivity index (χ4v) is 1.42. The van der Waals surface area contributed by atoms with E-state index in [4.69, 9.17) is 4.74 Å². The molecule has 0 atom stereocenters.